The molecule has 1 rings (SSSR count). The molecular weight excluding hydrogens is 222 g/mol. The van der Waals surface area contributed by atoms with E-state index in [0.29, 0.717) is 4.75 Å². The van der Waals surface area contributed by atoms with E-state index in [1.54, 1.807) is 0 Å². The minimum Gasteiger partial charge on any atom is -0.312 e. The maximum absolute atomic E-state index is 3.77. The first kappa shape index (κ1) is 13.7. The molecule has 0 saturated heterocycles. The molecule has 1 aliphatic rings. The first-order chi connectivity index (χ1) is 7.09. The van der Waals surface area contributed by atoms with Crippen LogP contribution in [0.15, 0.2) is 0 Å². The van der Waals surface area contributed by atoms with Gasteiger partial charge in [0.1, 0.15) is 0 Å². The van der Waals surface area contributed by atoms with Crippen molar-refractivity contribution >= 4 is 23.5 Å². The Balaban J connectivity index is 2.35. The minimum atomic E-state index is 0.375. The Labute approximate surface area is 104 Å². The van der Waals surface area contributed by atoms with Crippen LogP contribution in [0.2, 0.25) is 0 Å². The van der Waals surface area contributed by atoms with Gasteiger partial charge in [-0.15, -0.1) is 0 Å². The highest BCUT2D eigenvalue weighted by atomic mass is 32.2. The third-order valence-electron chi connectivity index (χ3n) is 3.35. The fourth-order valence-corrected chi connectivity index (χ4v) is 3.25. The molecule has 90 valence electrons. The zero-order chi connectivity index (χ0) is 11.3. The normalized spacial score (nSPS) is 28.0. The SMILES string of the molecule is CSC1CCCCC1NCC(C)(C)SC. The minimum absolute atomic E-state index is 0.375. The van der Waals surface area contributed by atoms with Crippen molar-refractivity contribution in [3.05, 3.63) is 0 Å². The van der Waals surface area contributed by atoms with Crippen LogP contribution >= 0.6 is 23.5 Å². The summed E-state index contributed by atoms with van der Waals surface area (Å²) in [5, 5.41) is 4.62. The molecule has 2 unspecified atom stereocenters. The lowest BCUT2D eigenvalue weighted by atomic mass is 9.94. The Kier molecular flexibility index (Phi) is 5.86. The van der Waals surface area contributed by atoms with E-state index in [-0.39, 0.29) is 0 Å². The van der Waals surface area contributed by atoms with Gasteiger partial charge in [0.2, 0.25) is 0 Å². The van der Waals surface area contributed by atoms with Crippen LogP contribution in [-0.4, -0.2) is 35.1 Å². The van der Waals surface area contributed by atoms with Gasteiger partial charge in [-0.1, -0.05) is 12.8 Å². The Bertz CT molecular complexity index is 182. The third kappa shape index (κ3) is 4.58. The van der Waals surface area contributed by atoms with Crippen LogP contribution in [0.5, 0.6) is 0 Å². The molecule has 1 N–H and O–H groups in total. The van der Waals surface area contributed by atoms with Crippen molar-refractivity contribution < 1.29 is 0 Å². The molecule has 0 spiro atoms. The zero-order valence-electron chi connectivity index (χ0n) is 10.5. The number of hydrogen-bond donors (Lipinski definition) is 1. The molecule has 2 atom stereocenters. The average Bonchev–Trinajstić information content (AvgIpc) is 2.27. The molecular formula is C12H25NS2. The van der Waals surface area contributed by atoms with Crippen molar-refractivity contribution in [2.24, 2.45) is 0 Å². The summed E-state index contributed by atoms with van der Waals surface area (Å²) in [6.45, 7) is 5.78. The highest BCUT2D eigenvalue weighted by Crippen LogP contribution is 2.28. The summed E-state index contributed by atoms with van der Waals surface area (Å²) in [7, 11) is 0. The van der Waals surface area contributed by atoms with Crippen molar-refractivity contribution in [2.75, 3.05) is 19.1 Å². The van der Waals surface area contributed by atoms with Crippen molar-refractivity contribution in [3.8, 4) is 0 Å². The summed E-state index contributed by atoms with van der Waals surface area (Å²) in [6, 6.07) is 0.750. The van der Waals surface area contributed by atoms with E-state index >= 15 is 0 Å². The molecule has 0 amide bonds. The van der Waals surface area contributed by atoms with Gasteiger partial charge < -0.3 is 5.32 Å². The van der Waals surface area contributed by atoms with Crippen molar-refractivity contribution in [1.82, 2.24) is 5.32 Å². The number of nitrogens with one attached hydrogen (secondary N) is 1. The van der Waals surface area contributed by atoms with Crippen LogP contribution in [0.1, 0.15) is 39.5 Å². The summed E-state index contributed by atoms with van der Waals surface area (Å²) < 4.78 is 0.375. The zero-order valence-corrected chi connectivity index (χ0v) is 12.1. The number of thioether (sulfide) groups is 2. The van der Waals surface area contributed by atoms with Gasteiger partial charge in [0.05, 0.1) is 0 Å². The second kappa shape index (κ2) is 6.41. The summed E-state index contributed by atoms with van der Waals surface area (Å²) in [5.74, 6) is 0. The van der Waals surface area contributed by atoms with E-state index in [0.717, 1.165) is 17.8 Å². The molecule has 0 radical (unpaired) electrons. The van der Waals surface area contributed by atoms with Crippen LogP contribution in [0.4, 0.5) is 0 Å². The molecule has 15 heavy (non-hydrogen) atoms. The molecule has 0 aromatic heterocycles. The Morgan fingerprint density at radius 1 is 1.20 bits per heavy atom. The van der Waals surface area contributed by atoms with Crippen molar-refractivity contribution in [1.29, 1.82) is 0 Å². The first-order valence-electron chi connectivity index (χ1n) is 5.90. The van der Waals surface area contributed by atoms with Gasteiger partial charge in [-0.25, -0.2) is 0 Å². The van der Waals surface area contributed by atoms with Crippen molar-refractivity contribution in [3.63, 3.8) is 0 Å². The molecule has 0 aromatic carbocycles. The molecule has 1 nitrogen and oxygen atoms in total. The lowest BCUT2D eigenvalue weighted by Gasteiger charge is -2.34. The molecule has 0 aromatic rings. The molecule has 0 heterocycles. The summed E-state index contributed by atoms with van der Waals surface area (Å²) >= 11 is 4.00. The molecule has 0 aliphatic heterocycles. The monoisotopic (exact) mass is 247 g/mol. The predicted molar refractivity (Wildman–Crippen MR) is 75.2 cm³/mol. The second-order valence-electron chi connectivity index (χ2n) is 5.01. The summed E-state index contributed by atoms with van der Waals surface area (Å²) in [5.41, 5.74) is 0. The van der Waals surface area contributed by atoms with Gasteiger partial charge >= 0.3 is 0 Å². The smallest absolute Gasteiger partial charge is 0.0225 e. The topological polar surface area (TPSA) is 12.0 Å². The van der Waals surface area contributed by atoms with Crippen LogP contribution < -0.4 is 5.32 Å². The maximum atomic E-state index is 3.77. The van der Waals surface area contributed by atoms with Crippen LogP contribution in [0.25, 0.3) is 0 Å². The Hall–Kier alpha value is 0.660. The van der Waals surface area contributed by atoms with E-state index in [4.69, 9.17) is 0 Å². The quantitative estimate of drug-likeness (QED) is 0.800. The molecule has 1 saturated carbocycles. The molecule has 1 fully saturated rings. The third-order valence-corrected chi connectivity index (χ3v) is 5.77. The lowest BCUT2D eigenvalue weighted by molar-refractivity contribution is 0.374. The van der Waals surface area contributed by atoms with E-state index in [9.17, 15) is 0 Å². The van der Waals surface area contributed by atoms with E-state index < -0.39 is 0 Å². The van der Waals surface area contributed by atoms with Crippen LogP contribution in [-0.2, 0) is 0 Å². The van der Waals surface area contributed by atoms with Gasteiger partial charge in [-0.3, -0.25) is 0 Å². The van der Waals surface area contributed by atoms with E-state index in [1.807, 2.05) is 23.5 Å². The lowest BCUT2D eigenvalue weighted by Crippen LogP contribution is -2.45. The van der Waals surface area contributed by atoms with Crippen LogP contribution in [0, 0.1) is 0 Å². The molecule has 0 bridgehead atoms. The van der Waals surface area contributed by atoms with Gasteiger partial charge in [0.15, 0.2) is 0 Å². The summed E-state index contributed by atoms with van der Waals surface area (Å²) in [6.07, 6.45) is 10.1. The van der Waals surface area contributed by atoms with Crippen molar-refractivity contribution in [2.45, 2.75) is 55.6 Å². The predicted octanol–water partition coefficient (Wildman–Crippen LogP) is 3.39. The van der Waals surface area contributed by atoms with E-state index in [2.05, 4.69) is 31.7 Å². The number of rotatable bonds is 5. The standard InChI is InChI=1S/C12H25NS2/c1-12(2,15-4)9-13-10-7-5-6-8-11(10)14-3/h10-11,13H,5-9H2,1-4H3. The molecule has 1 aliphatic carbocycles. The van der Waals surface area contributed by atoms with Gasteiger partial charge in [-0.2, -0.15) is 23.5 Å². The second-order valence-corrected chi connectivity index (χ2v) is 7.60. The van der Waals surface area contributed by atoms with Crippen LogP contribution in [0.3, 0.4) is 0 Å². The fourth-order valence-electron chi connectivity index (χ4n) is 2.06. The fraction of sp³-hybridized carbons (Fsp3) is 1.00. The van der Waals surface area contributed by atoms with E-state index in [1.165, 1.54) is 25.7 Å². The first-order valence-corrected chi connectivity index (χ1v) is 8.41. The van der Waals surface area contributed by atoms with Gasteiger partial charge in [0, 0.05) is 22.6 Å². The van der Waals surface area contributed by atoms with Gasteiger partial charge in [0.25, 0.3) is 0 Å². The largest absolute Gasteiger partial charge is 0.312 e. The Morgan fingerprint density at radius 3 is 2.47 bits per heavy atom. The average molecular weight is 247 g/mol. The highest BCUT2D eigenvalue weighted by molar-refractivity contribution is 8.00. The van der Waals surface area contributed by atoms with Gasteiger partial charge in [-0.05, 0) is 39.2 Å². The Morgan fingerprint density at radius 2 is 1.87 bits per heavy atom. The highest BCUT2D eigenvalue weighted by Gasteiger charge is 2.26. The summed E-state index contributed by atoms with van der Waals surface area (Å²) in [4.78, 5) is 0. The number of hydrogen-bond acceptors (Lipinski definition) is 3. The maximum Gasteiger partial charge on any atom is 0.0225 e. The molecule has 3 heteroatoms.